The molecule has 0 aliphatic heterocycles. The number of alkyl halides is 3. The minimum Gasteiger partial charge on any atom is -0.264 e. The van der Waals surface area contributed by atoms with Gasteiger partial charge in [0.2, 0.25) is 0 Å². The van der Waals surface area contributed by atoms with Gasteiger partial charge in [-0.3, -0.25) is 4.98 Å². The molecule has 88 valence electrons. The molecule has 0 fully saturated rings. The van der Waals surface area contributed by atoms with Gasteiger partial charge in [-0.25, -0.2) is 0 Å². The summed E-state index contributed by atoms with van der Waals surface area (Å²) in [5.74, 6) is 0. The lowest BCUT2D eigenvalue weighted by atomic mass is 10.0. The SMILES string of the molecule is FC(F)(F)c1cc(I)cc(-c2cccnc2)c1. The van der Waals surface area contributed by atoms with Crippen LogP contribution >= 0.6 is 22.6 Å². The van der Waals surface area contributed by atoms with Gasteiger partial charge < -0.3 is 0 Å². The van der Waals surface area contributed by atoms with Crippen molar-refractivity contribution in [1.82, 2.24) is 4.98 Å². The molecule has 0 saturated heterocycles. The second-order valence-electron chi connectivity index (χ2n) is 3.47. The second kappa shape index (κ2) is 4.64. The maximum atomic E-state index is 12.6. The van der Waals surface area contributed by atoms with Crippen molar-refractivity contribution in [3.8, 4) is 11.1 Å². The van der Waals surface area contributed by atoms with Crippen LogP contribution in [0.25, 0.3) is 11.1 Å². The molecular weight excluding hydrogens is 342 g/mol. The van der Waals surface area contributed by atoms with Crippen molar-refractivity contribution in [3.05, 3.63) is 51.9 Å². The molecule has 0 amide bonds. The molecule has 5 heteroatoms. The fourth-order valence-corrected chi connectivity index (χ4v) is 2.12. The van der Waals surface area contributed by atoms with Gasteiger partial charge in [0.25, 0.3) is 0 Å². The number of rotatable bonds is 1. The van der Waals surface area contributed by atoms with E-state index in [0.717, 1.165) is 12.1 Å². The Morgan fingerprint density at radius 1 is 1.06 bits per heavy atom. The molecule has 0 saturated carbocycles. The molecule has 1 aromatic heterocycles. The lowest BCUT2D eigenvalue weighted by Crippen LogP contribution is -2.05. The Bertz CT molecular complexity index is 523. The fourth-order valence-electron chi connectivity index (χ4n) is 1.45. The zero-order chi connectivity index (χ0) is 12.5. The fraction of sp³-hybridized carbons (Fsp3) is 0.0833. The van der Waals surface area contributed by atoms with E-state index < -0.39 is 11.7 Å². The van der Waals surface area contributed by atoms with Crippen LogP contribution in [0.15, 0.2) is 42.7 Å². The van der Waals surface area contributed by atoms with Gasteiger partial charge in [0.1, 0.15) is 0 Å². The Morgan fingerprint density at radius 3 is 2.41 bits per heavy atom. The average molecular weight is 349 g/mol. The van der Waals surface area contributed by atoms with Crippen molar-refractivity contribution in [2.45, 2.75) is 6.18 Å². The first-order valence-electron chi connectivity index (χ1n) is 4.75. The van der Waals surface area contributed by atoms with Crippen molar-refractivity contribution >= 4 is 22.6 Å². The number of pyridine rings is 1. The second-order valence-corrected chi connectivity index (χ2v) is 4.71. The van der Waals surface area contributed by atoms with Crippen LogP contribution in [0.2, 0.25) is 0 Å². The Hall–Kier alpha value is -1.11. The highest BCUT2D eigenvalue weighted by molar-refractivity contribution is 14.1. The van der Waals surface area contributed by atoms with E-state index in [2.05, 4.69) is 4.98 Å². The lowest BCUT2D eigenvalue weighted by molar-refractivity contribution is -0.137. The summed E-state index contributed by atoms with van der Waals surface area (Å²) >= 11 is 1.88. The van der Waals surface area contributed by atoms with Crippen molar-refractivity contribution in [1.29, 1.82) is 0 Å². The van der Waals surface area contributed by atoms with Crippen LogP contribution in [0, 0.1) is 3.57 Å². The van der Waals surface area contributed by atoms with Gasteiger partial charge in [0.05, 0.1) is 5.56 Å². The van der Waals surface area contributed by atoms with Gasteiger partial charge in [0, 0.05) is 21.5 Å². The van der Waals surface area contributed by atoms with Crippen LogP contribution in [0.3, 0.4) is 0 Å². The van der Waals surface area contributed by atoms with Crippen molar-refractivity contribution < 1.29 is 13.2 Å². The molecule has 0 aliphatic carbocycles. The highest BCUT2D eigenvalue weighted by Crippen LogP contribution is 2.33. The predicted octanol–water partition coefficient (Wildman–Crippen LogP) is 4.37. The lowest BCUT2D eigenvalue weighted by Gasteiger charge is -2.10. The molecular formula is C12H7F3IN. The number of halogens is 4. The molecule has 1 nitrogen and oxygen atoms in total. The zero-order valence-electron chi connectivity index (χ0n) is 8.50. The number of aromatic nitrogens is 1. The first-order valence-corrected chi connectivity index (χ1v) is 5.83. The number of hydrogen-bond donors (Lipinski definition) is 0. The molecule has 1 aromatic carbocycles. The van der Waals surface area contributed by atoms with Crippen molar-refractivity contribution in [2.24, 2.45) is 0 Å². The van der Waals surface area contributed by atoms with Crippen LogP contribution in [0.5, 0.6) is 0 Å². The van der Waals surface area contributed by atoms with Crippen LogP contribution in [0.4, 0.5) is 13.2 Å². The Labute approximate surface area is 110 Å². The average Bonchev–Trinajstić information content (AvgIpc) is 2.28. The van der Waals surface area contributed by atoms with Gasteiger partial charge in [-0.05, 0) is 52.4 Å². The summed E-state index contributed by atoms with van der Waals surface area (Å²) in [7, 11) is 0. The van der Waals surface area contributed by atoms with Crippen LogP contribution in [0.1, 0.15) is 5.56 Å². The highest BCUT2D eigenvalue weighted by Gasteiger charge is 2.31. The first kappa shape index (κ1) is 12.3. The normalized spacial score (nSPS) is 11.5. The van der Waals surface area contributed by atoms with E-state index in [1.165, 1.54) is 0 Å². The van der Waals surface area contributed by atoms with Crippen molar-refractivity contribution in [3.63, 3.8) is 0 Å². The summed E-state index contributed by atoms with van der Waals surface area (Å²) in [5.41, 5.74) is 0.567. The van der Waals surface area contributed by atoms with Crippen LogP contribution < -0.4 is 0 Å². The van der Waals surface area contributed by atoms with E-state index in [1.807, 2.05) is 22.6 Å². The zero-order valence-corrected chi connectivity index (χ0v) is 10.7. The van der Waals surface area contributed by atoms with E-state index in [1.54, 1.807) is 30.6 Å². The topological polar surface area (TPSA) is 12.9 Å². The van der Waals surface area contributed by atoms with E-state index in [0.29, 0.717) is 14.7 Å². The Balaban J connectivity index is 2.54. The summed E-state index contributed by atoms with van der Waals surface area (Å²) in [6.45, 7) is 0. The maximum Gasteiger partial charge on any atom is 0.416 e. The molecule has 0 N–H and O–H groups in total. The molecule has 0 spiro atoms. The minimum atomic E-state index is -4.32. The van der Waals surface area contributed by atoms with E-state index in [-0.39, 0.29) is 0 Å². The molecule has 1 heterocycles. The van der Waals surface area contributed by atoms with Gasteiger partial charge in [0.15, 0.2) is 0 Å². The van der Waals surface area contributed by atoms with E-state index in [4.69, 9.17) is 0 Å². The summed E-state index contributed by atoms with van der Waals surface area (Å²) in [6, 6.07) is 7.40. The molecule has 0 radical (unpaired) electrons. The third-order valence-corrected chi connectivity index (χ3v) is 2.84. The highest BCUT2D eigenvalue weighted by atomic mass is 127. The molecule has 2 rings (SSSR count). The molecule has 0 bridgehead atoms. The summed E-state index contributed by atoms with van der Waals surface area (Å²) in [4.78, 5) is 3.90. The summed E-state index contributed by atoms with van der Waals surface area (Å²) in [5, 5.41) is 0. The van der Waals surface area contributed by atoms with E-state index in [9.17, 15) is 13.2 Å². The Kier molecular flexibility index (Phi) is 3.37. The molecule has 17 heavy (non-hydrogen) atoms. The third kappa shape index (κ3) is 2.96. The van der Waals surface area contributed by atoms with Gasteiger partial charge in [-0.1, -0.05) is 6.07 Å². The first-order chi connectivity index (χ1) is 7.97. The predicted molar refractivity (Wildman–Crippen MR) is 67.4 cm³/mol. The van der Waals surface area contributed by atoms with Crippen LogP contribution in [-0.4, -0.2) is 4.98 Å². The quantitative estimate of drug-likeness (QED) is 0.697. The molecule has 0 atom stereocenters. The van der Waals surface area contributed by atoms with Crippen LogP contribution in [-0.2, 0) is 6.18 Å². The molecule has 0 unspecified atom stereocenters. The third-order valence-electron chi connectivity index (χ3n) is 2.22. The monoisotopic (exact) mass is 349 g/mol. The molecule has 0 aliphatic rings. The summed E-state index contributed by atoms with van der Waals surface area (Å²) in [6.07, 6.45) is -1.19. The Morgan fingerprint density at radius 2 is 1.82 bits per heavy atom. The number of nitrogens with zero attached hydrogens (tertiary/aromatic N) is 1. The van der Waals surface area contributed by atoms with Crippen molar-refractivity contribution in [2.75, 3.05) is 0 Å². The van der Waals surface area contributed by atoms with Gasteiger partial charge in [-0.2, -0.15) is 13.2 Å². The van der Waals surface area contributed by atoms with Gasteiger partial charge >= 0.3 is 6.18 Å². The minimum absolute atomic E-state index is 0.525. The smallest absolute Gasteiger partial charge is 0.264 e. The number of hydrogen-bond acceptors (Lipinski definition) is 1. The molecule has 2 aromatic rings. The largest absolute Gasteiger partial charge is 0.416 e. The van der Waals surface area contributed by atoms with Gasteiger partial charge in [-0.15, -0.1) is 0 Å². The standard InChI is InChI=1S/C12H7F3IN/c13-12(14,15)10-4-9(5-11(16)6-10)8-2-1-3-17-7-8/h1-7H. The summed E-state index contributed by atoms with van der Waals surface area (Å²) < 4.78 is 38.5. The number of benzene rings is 1. The van der Waals surface area contributed by atoms with E-state index >= 15 is 0 Å². The maximum absolute atomic E-state index is 12.6.